The van der Waals surface area contributed by atoms with Crippen LogP contribution in [0, 0.1) is 17.8 Å². The lowest BCUT2D eigenvalue weighted by molar-refractivity contribution is -0.170. The van der Waals surface area contributed by atoms with E-state index in [1.165, 1.54) is 15.6 Å². The Bertz CT molecular complexity index is 3080. The number of amides is 6. The number of carbonyl (C=O) groups excluding carboxylic acids is 6. The van der Waals surface area contributed by atoms with Gasteiger partial charge in [0.25, 0.3) is 0 Å². The van der Waals surface area contributed by atoms with Crippen LogP contribution in [0.4, 0.5) is 14.4 Å². The predicted molar refractivity (Wildman–Crippen MR) is 346 cm³/mol. The summed E-state index contributed by atoms with van der Waals surface area (Å²) in [4.78, 5) is 110. The lowest BCUT2D eigenvalue weighted by Crippen LogP contribution is -2.53. The summed E-state index contributed by atoms with van der Waals surface area (Å²) in [6, 6.07) is 7.15. The zero-order chi connectivity index (χ0) is 70.6. The number of carbonyl (C=O) groups is 9. The number of aliphatic hydroxyl groups is 1. The van der Waals surface area contributed by atoms with Crippen LogP contribution < -0.4 is 15.8 Å². The van der Waals surface area contributed by atoms with Gasteiger partial charge >= 0.3 is 56.6 Å². The molecule has 0 aromatic heterocycles. The lowest BCUT2D eigenvalue weighted by atomic mass is 9.81. The first kappa shape index (κ1) is 77.6. The molecule has 0 spiro atoms. The van der Waals surface area contributed by atoms with Crippen LogP contribution in [0.15, 0.2) is 30.3 Å². The molecule has 2 heterocycles. The molecular weight excluding hydrogens is 1280 g/mol. The van der Waals surface area contributed by atoms with E-state index in [1.54, 1.807) is 52.1 Å². The number of aliphatic carboxylic acids is 3. The average Bonchev–Trinajstić information content (AvgIpc) is 1.59. The number of hydrogen-bond donors (Lipinski definition) is 7. The lowest BCUT2D eigenvalue weighted by Gasteiger charge is -2.37. The molecule has 2 aliphatic heterocycles. The first-order chi connectivity index (χ1) is 44.3. The number of benzene rings is 1. The molecule has 0 bridgehead atoms. The van der Waals surface area contributed by atoms with Gasteiger partial charge in [-0.3, -0.25) is 24.0 Å². The van der Waals surface area contributed by atoms with Gasteiger partial charge in [0.1, 0.15) is 16.8 Å². The SMILES string of the molecule is CN(C)C(=O)[C@H]1CC[C@H](NC(=O)OC2(C)CCCCC2)[C@H](N)C1.CN(C)C(=O)[C@H]1CC[C@H]2[C@@H](C1)N(Cc1ccccc1)S(=O)(=O)N2C(=O)OC1(C)CCCCC1.CN(C)C(=O)[C@H]1CC[C@H]2[C@@H](C1)NS(=O)(=O)N2C(=O)OC1(C)CCCCC1.O=C(O)CC(O)(CC(=O)O)C(=O)O. The molecule has 6 amide bonds. The molecule has 0 unspecified atom stereocenters. The summed E-state index contributed by atoms with van der Waals surface area (Å²) in [5.74, 6) is -5.42. The summed E-state index contributed by atoms with van der Waals surface area (Å²) < 4.78 is 75.5. The molecular formula is C64H103N9O20S2. The first-order valence-corrected chi connectivity index (χ1v) is 36.1. The van der Waals surface area contributed by atoms with Crippen molar-refractivity contribution in [2.24, 2.45) is 23.5 Å². The highest BCUT2D eigenvalue weighted by Crippen LogP contribution is 2.44. The Morgan fingerprint density at radius 1 is 0.568 bits per heavy atom. The van der Waals surface area contributed by atoms with E-state index in [0.717, 1.165) is 117 Å². The number of carboxylic acid groups (broad SMARTS) is 3. The molecule has 29 nitrogen and oxygen atoms in total. The Labute approximate surface area is 558 Å². The Hall–Kier alpha value is -6.41. The molecule has 31 heteroatoms. The van der Waals surface area contributed by atoms with Crippen LogP contribution >= 0.6 is 0 Å². The molecule has 8 aliphatic rings. The quantitative estimate of drug-likeness (QED) is 0.106. The van der Waals surface area contributed by atoms with Crippen LogP contribution in [0.5, 0.6) is 0 Å². The molecule has 1 aromatic carbocycles. The van der Waals surface area contributed by atoms with Crippen molar-refractivity contribution in [3.8, 4) is 0 Å². The van der Waals surface area contributed by atoms with E-state index in [2.05, 4.69) is 10.0 Å². The van der Waals surface area contributed by atoms with Gasteiger partial charge in [-0.05, 0) is 161 Å². The Balaban J connectivity index is 0.000000209. The van der Waals surface area contributed by atoms with Gasteiger partial charge < -0.3 is 60.4 Å². The van der Waals surface area contributed by atoms with E-state index >= 15 is 0 Å². The minimum atomic E-state index is -4.09. The van der Waals surface area contributed by atoms with E-state index < -0.39 is 104 Å². The third-order valence-corrected chi connectivity index (χ3v) is 23.3. The summed E-state index contributed by atoms with van der Waals surface area (Å²) in [5.41, 5.74) is 2.71. The Morgan fingerprint density at radius 2 is 0.979 bits per heavy atom. The van der Waals surface area contributed by atoms with Crippen LogP contribution in [-0.4, -0.2) is 220 Å². The summed E-state index contributed by atoms with van der Waals surface area (Å²) in [6.45, 7) is 5.95. The topological polar surface area (TPSA) is 400 Å². The summed E-state index contributed by atoms with van der Waals surface area (Å²) in [6.07, 6.45) is 15.1. The fourth-order valence-corrected chi connectivity index (χ4v) is 18.1. The molecule has 0 radical (unpaired) electrons. The minimum absolute atomic E-state index is 0.00116. The molecule has 6 aliphatic carbocycles. The van der Waals surface area contributed by atoms with E-state index in [0.29, 0.717) is 44.9 Å². The molecule has 536 valence electrons. The summed E-state index contributed by atoms with van der Waals surface area (Å²) in [5, 5.41) is 36.7. The largest absolute Gasteiger partial charge is 0.481 e. The standard InChI is InChI=1S/C24H35N3O5S.C17H29N3O5S.C17H31N3O3.C6H8O7/c1-24(14-8-5-9-15-24)32-23(29)27-20-13-12-19(22(28)25(2)3)16-21(20)26(33(27,30)31)17-18-10-6-4-7-11-18;1-17(9-5-4-6-10-17)25-16(22)20-14-8-7-12(15(21)19(2)3)11-13(14)18-26(20,23)24;1-17(9-5-4-6-10-17)23-16(22)19-14-8-7-12(11-13(14)18)15(21)20(2)3;7-3(8)1-6(13,5(11)12)2-4(9)10/h4,6-7,10-11,19-21H,5,8-9,12-17H2,1-3H3;12-14,18H,4-11H2,1-3H3;12-14H,4-11,18H2,1-3H3,(H,19,22);13H,1-2H2,(H,7,8)(H,9,10)(H,11,12)/t19-,20-,21+;2*12-,13+,14-;/m000./s1. The van der Waals surface area contributed by atoms with E-state index in [9.17, 15) is 60.0 Å². The highest BCUT2D eigenvalue weighted by atomic mass is 32.2. The number of nitrogens with two attached hydrogens (primary N) is 1. The van der Waals surface area contributed by atoms with Gasteiger partial charge in [-0.1, -0.05) is 49.6 Å². The molecule has 9 rings (SSSR count). The van der Waals surface area contributed by atoms with Crippen LogP contribution in [0.25, 0.3) is 0 Å². The highest BCUT2D eigenvalue weighted by molar-refractivity contribution is 7.88. The summed E-state index contributed by atoms with van der Waals surface area (Å²) in [7, 11) is 2.34. The number of carboxylic acids is 3. The van der Waals surface area contributed by atoms with Gasteiger partial charge in [-0.2, -0.15) is 34.5 Å². The zero-order valence-corrected chi connectivity index (χ0v) is 58.2. The van der Waals surface area contributed by atoms with Gasteiger partial charge in [-0.25, -0.2) is 19.2 Å². The number of nitrogens with zero attached hydrogens (tertiary/aromatic N) is 6. The van der Waals surface area contributed by atoms with E-state index in [1.807, 2.05) is 51.1 Å². The van der Waals surface area contributed by atoms with Gasteiger partial charge in [0, 0.05) is 90.8 Å². The van der Waals surface area contributed by atoms with Crippen LogP contribution in [0.3, 0.4) is 0 Å². The molecule has 6 saturated carbocycles. The zero-order valence-electron chi connectivity index (χ0n) is 56.6. The van der Waals surface area contributed by atoms with Crippen LogP contribution in [0.1, 0.15) is 193 Å². The van der Waals surface area contributed by atoms with E-state index in [4.69, 9.17) is 40.4 Å². The highest BCUT2D eigenvalue weighted by Gasteiger charge is 2.58. The third kappa shape index (κ3) is 20.6. The molecule has 95 heavy (non-hydrogen) atoms. The molecule has 8 N–H and O–H groups in total. The number of nitrogens with one attached hydrogen (secondary N) is 2. The number of alkyl carbamates (subject to hydrolysis) is 1. The predicted octanol–water partition coefficient (Wildman–Crippen LogP) is 5.93. The van der Waals surface area contributed by atoms with Crippen molar-refractivity contribution in [1.29, 1.82) is 0 Å². The van der Waals surface area contributed by atoms with E-state index in [-0.39, 0.29) is 65.8 Å². The van der Waals surface area contributed by atoms with Gasteiger partial charge in [-0.15, -0.1) is 0 Å². The average molecular weight is 1380 g/mol. The maximum atomic E-state index is 13.7. The van der Waals surface area contributed by atoms with Crippen molar-refractivity contribution in [3.63, 3.8) is 0 Å². The number of fused-ring (bicyclic) bond motifs is 2. The number of hydrogen-bond acceptors (Lipinski definition) is 18. The first-order valence-electron chi connectivity index (χ1n) is 33.2. The number of rotatable bonds is 14. The fraction of sp³-hybridized carbons (Fsp3) is 0.766. The summed E-state index contributed by atoms with van der Waals surface area (Å²) >= 11 is 0. The Kier molecular flexibility index (Phi) is 26.8. The van der Waals surface area contributed by atoms with Crippen molar-refractivity contribution >= 4 is 74.3 Å². The van der Waals surface area contributed by atoms with Crippen LogP contribution in [-0.2, 0) is 69.9 Å². The van der Waals surface area contributed by atoms with Crippen molar-refractivity contribution in [1.82, 2.24) is 37.7 Å². The van der Waals surface area contributed by atoms with Gasteiger partial charge in [0.15, 0.2) is 5.60 Å². The van der Waals surface area contributed by atoms with Crippen molar-refractivity contribution < 1.29 is 94.6 Å². The molecule has 2 saturated heterocycles. The smallest absolute Gasteiger partial charge is 0.425 e. The fourth-order valence-electron chi connectivity index (χ4n) is 14.6. The molecule has 9 atom stereocenters. The normalized spacial score (nSPS) is 27.7. The maximum Gasteiger partial charge on any atom is 0.425 e. The monoisotopic (exact) mass is 1380 g/mol. The molecule has 1 aromatic rings. The maximum absolute atomic E-state index is 13.7. The van der Waals surface area contributed by atoms with Crippen molar-refractivity contribution in [2.75, 3.05) is 42.3 Å². The minimum Gasteiger partial charge on any atom is -0.481 e. The van der Waals surface area contributed by atoms with Gasteiger partial charge in [0.2, 0.25) is 17.7 Å². The second-order valence-electron chi connectivity index (χ2n) is 28.3. The van der Waals surface area contributed by atoms with Crippen LogP contribution in [0.2, 0.25) is 0 Å². The Morgan fingerprint density at radius 3 is 1.41 bits per heavy atom. The second-order valence-corrected chi connectivity index (χ2v) is 31.7. The third-order valence-electron chi connectivity index (χ3n) is 19.8. The second kappa shape index (κ2) is 32.8. The van der Waals surface area contributed by atoms with Crippen molar-refractivity contribution in [2.45, 2.75) is 253 Å². The number of ether oxygens (including phenoxy) is 3. The molecule has 8 fully saturated rings. The van der Waals surface area contributed by atoms with Crippen molar-refractivity contribution in [3.05, 3.63) is 35.9 Å². The van der Waals surface area contributed by atoms with Gasteiger partial charge in [0.05, 0.1) is 24.9 Å².